The van der Waals surface area contributed by atoms with Crippen molar-refractivity contribution in [2.75, 3.05) is 0 Å². The van der Waals surface area contributed by atoms with E-state index in [9.17, 15) is 9.59 Å². The van der Waals surface area contributed by atoms with Crippen molar-refractivity contribution in [1.82, 2.24) is 5.32 Å². The molecule has 0 aromatic heterocycles. The number of amides is 2. The van der Waals surface area contributed by atoms with E-state index in [-0.39, 0.29) is 11.8 Å². The van der Waals surface area contributed by atoms with Crippen LogP contribution in [-0.2, 0) is 0 Å². The van der Waals surface area contributed by atoms with Crippen molar-refractivity contribution in [3.05, 3.63) is 47.0 Å². The SMILES string of the molecule is C=CBr.O=C1NC(=O)c2ccccc21. The number of fused-ring (bicyclic) bond motifs is 1. The van der Waals surface area contributed by atoms with E-state index in [4.69, 9.17) is 0 Å². The number of imide groups is 1. The van der Waals surface area contributed by atoms with Gasteiger partial charge in [0.25, 0.3) is 11.8 Å². The highest BCUT2D eigenvalue weighted by Gasteiger charge is 2.25. The van der Waals surface area contributed by atoms with Crippen molar-refractivity contribution in [3.8, 4) is 0 Å². The summed E-state index contributed by atoms with van der Waals surface area (Å²) in [4.78, 5) is 23.5. The molecule has 0 bridgehead atoms. The predicted molar refractivity (Wildman–Crippen MR) is 57.4 cm³/mol. The van der Waals surface area contributed by atoms with Crippen LogP contribution in [0.1, 0.15) is 20.7 Å². The zero-order chi connectivity index (χ0) is 10.6. The smallest absolute Gasteiger partial charge is 0.258 e. The van der Waals surface area contributed by atoms with Gasteiger partial charge in [0.2, 0.25) is 0 Å². The van der Waals surface area contributed by atoms with Gasteiger partial charge in [-0.3, -0.25) is 14.9 Å². The molecule has 3 nitrogen and oxygen atoms in total. The second-order valence-corrected chi connectivity index (χ2v) is 3.13. The average Bonchev–Trinajstić information content (AvgIpc) is 2.45. The summed E-state index contributed by atoms with van der Waals surface area (Å²) >= 11 is 2.91. The molecule has 2 amide bonds. The van der Waals surface area contributed by atoms with E-state index in [0.717, 1.165) is 0 Å². The molecule has 1 aliphatic heterocycles. The Hall–Kier alpha value is -1.42. The van der Waals surface area contributed by atoms with Gasteiger partial charge >= 0.3 is 0 Å². The number of rotatable bonds is 0. The second-order valence-electron chi connectivity index (χ2n) is 2.48. The topological polar surface area (TPSA) is 46.2 Å². The van der Waals surface area contributed by atoms with Crippen LogP contribution in [0, 0.1) is 0 Å². The van der Waals surface area contributed by atoms with E-state index < -0.39 is 0 Å². The molecule has 1 N–H and O–H groups in total. The Bertz CT molecular complexity index is 354. The molecule has 2 rings (SSSR count). The molecule has 72 valence electrons. The third kappa shape index (κ3) is 2.09. The van der Waals surface area contributed by atoms with E-state index in [1.54, 1.807) is 29.3 Å². The molecule has 1 aromatic rings. The lowest BCUT2D eigenvalue weighted by molar-refractivity contribution is 0.0879. The second kappa shape index (κ2) is 4.72. The van der Waals surface area contributed by atoms with Crippen molar-refractivity contribution in [1.29, 1.82) is 0 Å². The number of hydrogen-bond acceptors (Lipinski definition) is 2. The molecule has 1 heterocycles. The van der Waals surface area contributed by atoms with E-state index in [0.29, 0.717) is 11.1 Å². The molecule has 0 saturated carbocycles. The van der Waals surface area contributed by atoms with E-state index in [2.05, 4.69) is 27.8 Å². The molecule has 1 aliphatic rings. The van der Waals surface area contributed by atoms with Gasteiger partial charge < -0.3 is 0 Å². The molecule has 0 aliphatic carbocycles. The molecule has 1 aromatic carbocycles. The van der Waals surface area contributed by atoms with Gasteiger partial charge in [-0.05, 0) is 17.1 Å². The Labute approximate surface area is 89.9 Å². The highest BCUT2D eigenvalue weighted by atomic mass is 79.9. The van der Waals surface area contributed by atoms with Crippen molar-refractivity contribution in [2.45, 2.75) is 0 Å². The summed E-state index contributed by atoms with van der Waals surface area (Å²) in [5, 5.41) is 2.20. The summed E-state index contributed by atoms with van der Waals surface area (Å²) in [5.41, 5.74) is 0.940. The Morgan fingerprint density at radius 1 is 1.14 bits per heavy atom. The molecular formula is C10H8BrNO2. The van der Waals surface area contributed by atoms with Gasteiger partial charge in [-0.15, -0.1) is 0 Å². The maximum absolute atomic E-state index is 10.9. The van der Waals surface area contributed by atoms with Gasteiger partial charge in [0.05, 0.1) is 11.1 Å². The van der Waals surface area contributed by atoms with Gasteiger partial charge in [0.15, 0.2) is 0 Å². The summed E-state index contributed by atoms with van der Waals surface area (Å²) in [6, 6.07) is 6.74. The summed E-state index contributed by atoms with van der Waals surface area (Å²) in [6.45, 7) is 3.28. The highest BCUT2D eigenvalue weighted by Crippen LogP contribution is 2.13. The summed E-state index contributed by atoms with van der Waals surface area (Å²) < 4.78 is 0. The monoisotopic (exact) mass is 253 g/mol. The van der Waals surface area contributed by atoms with Crippen LogP contribution in [0.5, 0.6) is 0 Å². The van der Waals surface area contributed by atoms with E-state index in [1.165, 1.54) is 0 Å². The normalized spacial score (nSPS) is 12.4. The predicted octanol–water partition coefficient (Wildman–Crippen LogP) is 2.09. The third-order valence-corrected chi connectivity index (χ3v) is 1.64. The number of hydrogen-bond donors (Lipinski definition) is 1. The minimum absolute atomic E-state index is 0.300. The fraction of sp³-hybridized carbons (Fsp3) is 0. The van der Waals surface area contributed by atoms with Gasteiger partial charge in [0, 0.05) is 0 Å². The van der Waals surface area contributed by atoms with Crippen molar-refractivity contribution >= 4 is 27.7 Å². The summed E-state index contributed by atoms with van der Waals surface area (Å²) in [5.74, 6) is -0.601. The molecule has 4 heteroatoms. The Morgan fingerprint density at radius 2 is 1.50 bits per heavy atom. The number of carbonyl (C=O) groups excluding carboxylic acids is 2. The number of carbonyl (C=O) groups is 2. The van der Waals surface area contributed by atoms with Crippen LogP contribution in [0.25, 0.3) is 0 Å². The zero-order valence-corrected chi connectivity index (χ0v) is 8.87. The number of halogens is 1. The minimum Gasteiger partial charge on any atom is -0.288 e. The minimum atomic E-state index is -0.300. The quantitative estimate of drug-likeness (QED) is 0.720. The molecule has 0 spiro atoms. The Morgan fingerprint density at radius 3 is 1.86 bits per heavy atom. The van der Waals surface area contributed by atoms with E-state index >= 15 is 0 Å². The third-order valence-electron chi connectivity index (χ3n) is 1.64. The average molecular weight is 254 g/mol. The summed E-state index contributed by atoms with van der Waals surface area (Å²) in [6.07, 6.45) is 0. The van der Waals surface area contributed by atoms with Gasteiger partial charge in [-0.2, -0.15) is 0 Å². The lowest BCUT2D eigenvalue weighted by Gasteiger charge is -1.88. The fourth-order valence-electron chi connectivity index (χ4n) is 1.12. The largest absolute Gasteiger partial charge is 0.288 e. The van der Waals surface area contributed by atoms with Crippen molar-refractivity contribution in [3.63, 3.8) is 0 Å². The highest BCUT2D eigenvalue weighted by molar-refractivity contribution is 9.11. The molecule has 14 heavy (non-hydrogen) atoms. The molecule has 0 fully saturated rings. The number of benzene rings is 1. The van der Waals surface area contributed by atoms with Crippen LogP contribution in [0.3, 0.4) is 0 Å². The Balaban J connectivity index is 0.000000293. The Kier molecular flexibility index (Phi) is 3.59. The van der Waals surface area contributed by atoms with Crippen LogP contribution >= 0.6 is 15.9 Å². The molecule has 0 saturated heterocycles. The zero-order valence-electron chi connectivity index (χ0n) is 7.29. The van der Waals surface area contributed by atoms with Crippen molar-refractivity contribution in [2.24, 2.45) is 0 Å². The molecular weight excluding hydrogens is 246 g/mol. The van der Waals surface area contributed by atoms with Crippen LogP contribution in [0.2, 0.25) is 0 Å². The van der Waals surface area contributed by atoms with Gasteiger partial charge in [-0.1, -0.05) is 34.6 Å². The van der Waals surface area contributed by atoms with Gasteiger partial charge in [0.1, 0.15) is 0 Å². The molecule has 0 radical (unpaired) electrons. The maximum Gasteiger partial charge on any atom is 0.258 e. The lowest BCUT2D eigenvalue weighted by atomic mass is 10.1. The fourth-order valence-corrected chi connectivity index (χ4v) is 1.12. The van der Waals surface area contributed by atoms with Crippen LogP contribution in [0.15, 0.2) is 35.8 Å². The van der Waals surface area contributed by atoms with Crippen molar-refractivity contribution < 1.29 is 9.59 Å². The molecule has 0 atom stereocenters. The first-order chi connectivity index (χ1) is 6.70. The van der Waals surface area contributed by atoms with E-state index in [1.807, 2.05) is 0 Å². The standard InChI is InChI=1S/C8H5NO2.C2H3Br/c10-7-5-3-1-2-4-6(5)8(11)9-7;1-2-3/h1-4H,(H,9,10,11);2H,1H2. The number of nitrogens with one attached hydrogen (secondary N) is 1. The van der Waals surface area contributed by atoms with Crippen LogP contribution < -0.4 is 5.32 Å². The van der Waals surface area contributed by atoms with Gasteiger partial charge in [-0.25, -0.2) is 0 Å². The maximum atomic E-state index is 10.9. The van der Waals surface area contributed by atoms with Crippen LogP contribution in [0.4, 0.5) is 0 Å². The van der Waals surface area contributed by atoms with Crippen LogP contribution in [-0.4, -0.2) is 11.8 Å². The first-order valence-corrected chi connectivity index (χ1v) is 4.78. The molecule has 0 unspecified atom stereocenters. The lowest BCUT2D eigenvalue weighted by Crippen LogP contribution is -2.19. The first-order valence-electron chi connectivity index (χ1n) is 3.86. The summed E-state index contributed by atoms with van der Waals surface area (Å²) in [7, 11) is 0. The first kappa shape index (κ1) is 10.7.